The van der Waals surface area contributed by atoms with Gasteiger partial charge in [0.2, 0.25) is 10.0 Å². The fraction of sp³-hybridized carbons (Fsp3) is 0.250. The summed E-state index contributed by atoms with van der Waals surface area (Å²) in [6.07, 6.45) is 0.546. The highest BCUT2D eigenvalue weighted by Crippen LogP contribution is 2.26. The van der Waals surface area contributed by atoms with Gasteiger partial charge in [-0.15, -0.1) is 11.3 Å². The van der Waals surface area contributed by atoms with Crippen LogP contribution >= 0.6 is 22.9 Å². The first-order valence-electron chi connectivity index (χ1n) is 5.82. The highest BCUT2D eigenvalue weighted by molar-refractivity contribution is 7.89. The van der Waals surface area contributed by atoms with Crippen LogP contribution < -0.4 is 10.5 Å². The van der Waals surface area contributed by atoms with Gasteiger partial charge in [-0.2, -0.15) is 0 Å². The average molecular weight is 332 g/mol. The smallest absolute Gasteiger partial charge is 0.240 e. The quantitative estimate of drug-likeness (QED) is 0.822. The molecule has 8 heteroatoms. The molecule has 1 aromatic heterocycles. The predicted molar refractivity (Wildman–Crippen MR) is 81.6 cm³/mol. The van der Waals surface area contributed by atoms with Gasteiger partial charge < -0.3 is 5.73 Å². The molecule has 2 aromatic rings. The molecule has 3 N–H and O–H groups in total. The number of benzene rings is 1. The van der Waals surface area contributed by atoms with Crippen LogP contribution in [0.3, 0.4) is 0 Å². The van der Waals surface area contributed by atoms with Crippen LogP contribution in [0.5, 0.6) is 0 Å². The Bertz CT molecular complexity index is 700. The number of nitrogens with one attached hydrogen (secondary N) is 1. The molecule has 0 saturated heterocycles. The molecular weight excluding hydrogens is 318 g/mol. The zero-order chi connectivity index (χ0) is 14.8. The normalized spacial score (nSPS) is 11.7. The molecule has 108 valence electrons. The Balaban J connectivity index is 2.12. The van der Waals surface area contributed by atoms with Crippen LogP contribution in [0.15, 0.2) is 27.9 Å². The van der Waals surface area contributed by atoms with Crippen molar-refractivity contribution in [3.05, 3.63) is 39.3 Å². The Labute approximate surface area is 126 Å². The number of halogens is 1. The first-order valence-corrected chi connectivity index (χ1v) is 8.63. The van der Waals surface area contributed by atoms with E-state index in [1.165, 1.54) is 17.4 Å². The van der Waals surface area contributed by atoms with E-state index in [2.05, 4.69) is 9.71 Å². The molecule has 5 nitrogen and oxygen atoms in total. The fourth-order valence-corrected chi connectivity index (χ4v) is 3.81. The number of aryl methyl sites for hydroxylation is 1. The van der Waals surface area contributed by atoms with Gasteiger partial charge in [0, 0.05) is 18.3 Å². The van der Waals surface area contributed by atoms with Crippen LogP contribution in [0.4, 0.5) is 5.69 Å². The summed E-state index contributed by atoms with van der Waals surface area (Å²) in [5, 5.41) is 2.24. The van der Waals surface area contributed by atoms with Crippen molar-refractivity contribution in [2.75, 3.05) is 12.3 Å². The Kier molecular flexibility index (Phi) is 4.64. The summed E-state index contributed by atoms with van der Waals surface area (Å²) in [6, 6.07) is 2.93. The number of hydrogen-bond acceptors (Lipinski definition) is 5. The predicted octanol–water partition coefficient (Wildman–Crippen LogP) is 2.21. The molecular formula is C12H14ClN3O2S2. The first kappa shape index (κ1) is 15.2. The van der Waals surface area contributed by atoms with Crippen LogP contribution in [-0.4, -0.2) is 19.9 Å². The molecule has 0 radical (unpaired) electrons. The van der Waals surface area contributed by atoms with Crippen molar-refractivity contribution in [2.45, 2.75) is 18.2 Å². The highest BCUT2D eigenvalue weighted by Gasteiger charge is 2.18. The van der Waals surface area contributed by atoms with Gasteiger partial charge in [-0.1, -0.05) is 11.6 Å². The van der Waals surface area contributed by atoms with E-state index < -0.39 is 10.0 Å². The molecule has 1 heterocycles. The first-order chi connectivity index (χ1) is 9.40. The zero-order valence-electron chi connectivity index (χ0n) is 10.8. The van der Waals surface area contributed by atoms with Gasteiger partial charge in [-0.25, -0.2) is 18.1 Å². The monoisotopic (exact) mass is 331 g/mol. The van der Waals surface area contributed by atoms with Gasteiger partial charge in [0.05, 0.1) is 26.8 Å². The molecule has 0 aliphatic rings. The van der Waals surface area contributed by atoms with Gasteiger partial charge >= 0.3 is 0 Å². The summed E-state index contributed by atoms with van der Waals surface area (Å²) in [5.74, 6) is 0. The number of sulfonamides is 1. The minimum Gasteiger partial charge on any atom is -0.397 e. The molecule has 0 unspecified atom stereocenters. The van der Waals surface area contributed by atoms with Crippen LogP contribution in [0.1, 0.15) is 11.3 Å². The maximum atomic E-state index is 12.2. The summed E-state index contributed by atoms with van der Waals surface area (Å²) in [4.78, 5) is 4.25. The fourth-order valence-electron chi connectivity index (χ4n) is 1.71. The number of nitrogen functional groups attached to an aromatic ring is 1. The zero-order valence-corrected chi connectivity index (χ0v) is 13.1. The van der Waals surface area contributed by atoms with Crippen LogP contribution in [-0.2, 0) is 16.4 Å². The number of anilines is 1. The van der Waals surface area contributed by atoms with E-state index in [1.807, 2.05) is 5.38 Å². The third kappa shape index (κ3) is 3.49. The Morgan fingerprint density at radius 2 is 2.20 bits per heavy atom. The molecule has 2 rings (SSSR count). The third-order valence-corrected chi connectivity index (χ3v) is 5.31. The van der Waals surface area contributed by atoms with Gasteiger partial charge in [-0.05, 0) is 24.6 Å². The van der Waals surface area contributed by atoms with Crippen molar-refractivity contribution >= 4 is 38.6 Å². The van der Waals surface area contributed by atoms with Crippen LogP contribution in [0.25, 0.3) is 0 Å². The Morgan fingerprint density at radius 1 is 1.45 bits per heavy atom. The highest BCUT2D eigenvalue weighted by atomic mass is 35.5. The van der Waals surface area contributed by atoms with Crippen molar-refractivity contribution in [1.29, 1.82) is 0 Å². The average Bonchev–Trinajstić information content (AvgIpc) is 2.86. The van der Waals surface area contributed by atoms with Crippen molar-refractivity contribution in [2.24, 2.45) is 0 Å². The number of hydrogen-bond donors (Lipinski definition) is 2. The Hall–Kier alpha value is -1.15. The largest absolute Gasteiger partial charge is 0.397 e. The van der Waals surface area contributed by atoms with Crippen molar-refractivity contribution in [1.82, 2.24) is 9.71 Å². The van der Waals surface area contributed by atoms with Gasteiger partial charge in [-0.3, -0.25) is 0 Å². The second-order valence-electron chi connectivity index (χ2n) is 4.27. The SMILES string of the molecule is Cc1cc(Cl)c(N)cc1S(=O)(=O)NCCc1cscn1. The maximum Gasteiger partial charge on any atom is 0.240 e. The minimum absolute atomic E-state index is 0.151. The van der Waals surface area contributed by atoms with Crippen LogP contribution in [0, 0.1) is 6.92 Å². The Morgan fingerprint density at radius 3 is 2.85 bits per heavy atom. The number of aromatic nitrogens is 1. The van der Waals surface area contributed by atoms with E-state index >= 15 is 0 Å². The molecule has 0 saturated carbocycles. The van der Waals surface area contributed by atoms with E-state index in [9.17, 15) is 8.42 Å². The lowest BCUT2D eigenvalue weighted by atomic mass is 10.2. The second-order valence-corrected chi connectivity index (χ2v) is 7.13. The van der Waals surface area contributed by atoms with Crippen molar-refractivity contribution in [3.63, 3.8) is 0 Å². The maximum absolute atomic E-state index is 12.2. The lowest BCUT2D eigenvalue weighted by Gasteiger charge is -2.10. The molecule has 0 amide bonds. The molecule has 0 aliphatic heterocycles. The van der Waals surface area contributed by atoms with E-state index in [1.54, 1.807) is 18.5 Å². The van der Waals surface area contributed by atoms with E-state index in [-0.39, 0.29) is 17.1 Å². The topological polar surface area (TPSA) is 85.1 Å². The van der Waals surface area contributed by atoms with E-state index in [0.717, 1.165) is 5.69 Å². The van der Waals surface area contributed by atoms with Crippen molar-refractivity contribution in [3.8, 4) is 0 Å². The number of thiazole rings is 1. The molecule has 1 aromatic carbocycles. The molecule has 20 heavy (non-hydrogen) atoms. The minimum atomic E-state index is -3.60. The van der Waals surface area contributed by atoms with Gasteiger partial charge in [0.25, 0.3) is 0 Å². The second kappa shape index (κ2) is 6.09. The summed E-state index contributed by atoms with van der Waals surface area (Å²) < 4.78 is 27.0. The van der Waals surface area contributed by atoms with Gasteiger partial charge in [0.15, 0.2) is 0 Å². The van der Waals surface area contributed by atoms with Crippen LogP contribution in [0.2, 0.25) is 5.02 Å². The standard InChI is InChI=1S/C12H14ClN3O2S2/c1-8-4-10(13)11(14)5-12(8)20(17,18)16-3-2-9-6-19-7-15-9/h4-7,16H,2-3,14H2,1H3. The summed E-state index contributed by atoms with van der Waals surface area (Å²) >= 11 is 7.34. The lowest BCUT2D eigenvalue weighted by molar-refractivity contribution is 0.581. The molecule has 0 spiro atoms. The third-order valence-electron chi connectivity index (χ3n) is 2.74. The number of nitrogens with two attached hydrogens (primary N) is 1. The number of rotatable bonds is 5. The molecule has 0 atom stereocenters. The summed E-state index contributed by atoms with van der Waals surface area (Å²) in [7, 11) is -3.60. The summed E-state index contributed by atoms with van der Waals surface area (Å²) in [6.45, 7) is 1.97. The van der Waals surface area contributed by atoms with E-state index in [4.69, 9.17) is 17.3 Å². The van der Waals surface area contributed by atoms with Crippen molar-refractivity contribution < 1.29 is 8.42 Å². The number of nitrogens with zero attached hydrogens (tertiary/aromatic N) is 1. The summed E-state index contributed by atoms with van der Waals surface area (Å²) in [5.41, 5.74) is 9.05. The van der Waals surface area contributed by atoms with Gasteiger partial charge in [0.1, 0.15) is 0 Å². The molecule has 0 bridgehead atoms. The molecule has 0 fully saturated rings. The van der Waals surface area contributed by atoms with E-state index in [0.29, 0.717) is 17.0 Å². The molecule has 0 aliphatic carbocycles. The lowest BCUT2D eigenvalue weighted by Crippen LogP contribution is -2.26.